The van der Waals surface area contributed by atoms with Crippen molar-refractivity contribution in [1.82, 2.24) is 10.0 Å². The lowest BCUT2D eigenvalue weighted by Crippen LogP contribution is -2.68. The Balaban J connectivity index is 1.79. The van der Waals surface area contributed by atoms with Crippen LogP contribution in [-0.4, -0.2) is 25.9 Å². The fourth-order valence-electron chi connectivity index (χ4n) is 3.12. The number of rotatable bonds is 4. The molecule has 3 rings (SSSR count). The van der Waals surface area contributed by atoms with Gasteiger partial charge in [-0.25, -0.2) is 13.1 Å². The van der Waals surface area contributed by atoms with E-state index < -0.39 is 10.0 Å². The largest absolute Gasteiger partial charge is 0.349 e. The quantitative estimate of drug-likeness (QED) is 0.885. The lowest BCUT2D eigenvalue weighted by atomic mass is 9.68. The van der Waals surface area contributed by atoms with Crippen molar-refractivity contribution >= 4 is 27.3 Å². The van der Waals surface area contributed by atoms with Gasteiger partial charge in [0.1, 0.15) is 4.21 Å². The van der Waals surface area contributed by atoms with Gasteiger partial charge in [-0.1, -0.05) is 6.92 Å². The molecule has 0 radical (unpaired) electrons. The second-order valence-corrected chi connectivity index (χ2v) is 8.95. The highest BCUT2D eigenvalue weighted by molar-refractivity contribution is 7.91. The number of piperidine rings is 1. The number of thiophene rings is 1. The van der Waals surface area contributed by atoms with Gasteiger partial charge < -0.3 is 5.32 Å². The Morgan fingerprint density at radius 3 is 2.76 bits per heavy atom. The van der Waals surface area contributed by atoms with E-state index >= 15 is 0 Å². The van der Waals surface area contributed by atoms with Crippen molar-refractivity contribution in [2.24, 2.45) is 0 Å². The first-order valence-electron chi connectivity index (χ1n) is 7.37. The van der Waals surface area contributed by atoms with Gasteiger partial charge in [-0.2, -0.15) is 0 Å². The summed E-state index contributed by atoms with van der Waals surface area (Å²) in [7, 11) is -3.50. The van der Waals surface area contributed by atoms with Gasteiger partial charge in [0.25, 0.3) is 0 Å². The topological polar surface area (TPSA) is 75.3 Å². The van der Waals surface area contributed by atoms with Crippen LogP contribution in [0.1, 0.15) is 43.9 Å². The van der Waals surface area contributed by atoms with Gasteiger partial charge in [0.15, 0.2) is 0 Å². The van der Waals surface area contributed by atoms with Crippen LogP contribution in [0.2, 0.25) is 0 Å². The van der Waals surface area contributed by atoms with Crippen LogP contribution in [0.4, 0.5) is 0 Å². The maximum absolute atomic E-state index is 12.5. The molecule has 2 aliphatic rings. The summed E-state index contributed by atoms with van der Waals surface area (Å²) in [5.74, 6) is 0.0366. The van der Waals surface area contributed by atoms with Crippen LogP contribution in [0, 0.1) is 0 Å². The van der Waals surface area contributed by atoms with Gasteiger partial charge in [-0.3, -0.25) is 4.79 Å². The number of amides is 1. The Hall–Kier alpha value is -0.920. The van der Waals surface area contributed by atoms with E-state index in [1.54, 1.807) is 6.07 Å². The van der Waals surface area contributed by atoms with Crippen LogP contribution in [0.3, 0.4) is 0 Å². The Morgan fingerprint density at radius 1 is 1.43 bits per heavy atom. The predicted octanol–water partition coefficient (Wildman–Crippen LogP) is 1.79. The first-order chi connectivity index (χ1) is 9.95. The van der Waals surface area contributed by atoms with E-state index in [1.807, 2.05) is 13.0 Å². The summed E-state index contributed by atoms with van der Waals surface area (Å²) in [6, 6.07) is 3.34. The molecular formula is C14H20N2O3S2. The van der Waals surface area contributed by atoms with Crippen molar-refractivity contribution in [3.05, 3.63) is 17.0 Å². The second-order valence-electron chi connectivity index (χ2n) is 5.84. The van der Waals surface area contributed by atoms with Gasteiger partial charge in [-0.05, 0) is 44.2 Å². The van der Waals surface area contributed by atoms with E-state index in [0.717, 1.165) is 30.6 Å². The molecule has 116 valence electrons. The Labute approximate surface area is 129 Å². The van der Waals surface area contributed by atoms with Gasteiger partial charge in [0, 0.05) is 17.3 Å². The van der Waals surface area contributed by atoms with Crippen LogP contribution < -0.4 is 10.0 Å². The molecule has 2 fully saturated rings. The zero-order valence-electron chi connectivity index (χ0n) is 12.0. The number of hydrogen-bond acceptors (Lipinski definition) is 4. The maximum atomic E-state index is 12.5. The third kappa shape index (κ3) is 2.74. The van der Waals surface area contributed by atoms with Gasteiger partial charge in [-0.15, -0.1) is 11.3 Å². The van der Waals surface area contributed by atoms with E-state index in [-0.39, 0.29) is 17.5 Å². The summed E-state index contributed by atoms with van der Waals surface area (Å²) in [6.45, 7) is 2.01. The Kier molecular flexibility index (Phi) is 3.83. The average Bonchev–Trinajstić information content (AvgIpc) is 2.88. The number of nitrogens with one attached hydrogen (secondary N) is 2. The summed E-state index contributed by atoms with van der Waals surface area (Å²) in [5, 5.41) is 3.01. The van der Waals surface area contributed by atoms with E-state index in [4.69, 9.17) is 0 Å². The number of aryl methyl sites for hydroxylation is 1. The summed E-state index contributed by atoms with van der Waals surface area (Å²) < 4.78 is 28.2. The first kappa shape index (κ1) is 15.0. The molecule has 0 unspecified atom stereocenters. The standard InChI is InChI=1S/C14H20N2O3S2/c1-2-10-4-7-13(20-10)21(18,19)16-11-5-6-12(17)15-14(11)8-3-9-14/h4,7,11,16H,2-3,5-6,8-9H2,1H3,(H,15,17)/t11-/m1/s1. The van der Waals surface area contributed by atoms with E-state index in [1.165, 1.54) is 11.3 Å². The third-order valence-electron chi connectivity index (χ3n) is 4.51. The smallest absolute Gasteiger partial charge is 0.250 e. The van der Waals surface area contributed by atoms with Crippen LogP contribution in [0.5, 0.6) is 0 Å². The summed E-state index contributed by atoms with van der Waals surface area (Å²) >= 11 is 1.32. The Bertz CT molecular complexity index is 647. The second kappa shape index (κ2) is 5.37. The van der Waals surface area contributed by atoms with Gasteiger partial charge >= 0.3 is 0 Å². The lowest BCUT2D eigenvalue weighted by molar-refractivity contribution is -0.127. The predicted molar refractivity (Wildman–Crippen MR) is 81.8 cm³/mol. The molecule has 1 aliphatic carbocycles. The van der Waals surface area contributed by atoms with Crippen LogP contribution >= 0.6 is 11.3 Å². The van der Waals surface area contributed by atoms with Crippen LogP contribution in [0.15, 0.2) is 16.3 Å². The molecule has 2 N–H and O–H groups in total. The average molecular weight is 328 g/mol. The molecule has 1 atom stereocenters. The molecule has 2 heterocycles. The Morgan fingerprint density at radius 2 is 2.19 bits per heavy atom. The highest BCUT2D eigenvalue weighted by atomic mass is 32.2. The molecule has 0 aromatic carbocycles. The fraction of sp³-hybridized carbons (Fsp3) is 0.643. The highest BCUT2D eigenvalue weighted by Gasteiger charge is 2.49. The monoisotopic (exact) mass is 328 g/mol. The summed E-state index contributed by atoms with van der Waals surface area (Å²) in [6.07, 6.45) is 4.56. The summed E-state index contributed by atoms with van der Waals surface area (Å²) in [5.41, 5.74) is -0.354. The molecule has 1 saturated heterocycles. The number of carbonyl (C=O) groups is 1. The number of sulfonamides is 1. The zero-order valence-corrected chi connectivity index (χ0v) is 13.6. The van der Waals surface area contributed by atoms with E-state index in [2.05, 4.69) is 10.0 Å². The van der Waals surface area contributed by atoms with Crippen molar-refractivity contribution in [2.45, 2.75) is 61.2 Å². The highest BCUT2D eigenvalue weighted by Crippen LogP contribution is 2.39. The molecule has 0 bridgehead atoms. The molecule has 1 amide bonds. The number of hydrogen-bond donors (Lipinski definition) is 2. The molecular weight excluding hydrogens is 308 g/mol. The van der Waals surface area contributed by atoms with E-state index in [9.17, 15) is 13.2 Å². The van der Waals surface area contributed by atoms with Crippen LogP contribution in [-0.2, 0) is 21.2 Å². The number of carbonyl (C=O) groups excluding carboxylic acids is 1. The van der Waals surface area contributed by atoms with Crippen molar-refractivity contribution in [2.75, 3.05) is 0 Å². The lowest BCUT2D eigenvalue weighted by Gasteiger charge is -2.50. The van der Waals surface area contributed by atoms with Crippen molar-refractivity contribution in [1.29, 1.82) is 0 Å². The fourth-order valence-corrected chi connectivity index (χ4v) is 5.78. The molecule has 21 heavy (non-hydrogen) atoms. The van der Waals surface area contributed by atoms with E-state index in [0.29, 0.717) is 17.1 Å². The minimum absolute atomic E-state index is 0.0366. The van der Waals surface area contributed by atoms with Gasteiger partial charge in [0.05, 0.1) is 5.54 Å². The molecule has 1 saturated carbocycles. The van der Waals surface area contributed by atoms with Crippen molar-refractivity contribution in [3.63, 3.8) is 0 Å². The molecule has 1 spiro atoms. The normalized spacial score (nSPS) is 24.6. The molecule has 1 aliphatic heterocycles. The zero-order chi connectivity index (χ0) is 15.1. The maximum Gasteiger partial charge on any atom is 0.250 e. The minimum Gasteiger partial charge on any atom is -0.349 e. The molecule has 1 aromatic rings. The molecule has 5 nitrogen and oxygen atoms in total. The third-order valence-corrected chi connectivity index (χ3v) is 7.70. The summed E-state index contributed by atoms with van der Waals surface area (Å²) in [4.78, 5) is 12.7. The van der Waals surface area contributed by atoms with Crippen molar-refractivity contribution in [3.8, 4) is 0 Å². The minimum atomic E-state index is -3.50. The molecule has 7 heteroatoms. The molecule has 1 aromatic heterocycles. The first-order valence-corrected chi connectivity index (χ1v) is 9.67. The van der Waals surface area contributed by atoms with Crippen molar-refractivity contribution < 1.29 is 13.2 Å². The SMILES string of the molecule is CCc1ccc(S(=O)(=O)N[C@@H]2CCC(=O)NC23CCC3)s1. The van der Waals surface area contributed by atoms with Crippen LogP contribution in [0.25, 0.3) is 0 Å². The van der Waals surface area contributed by atoms with Gasteiger partial charge in [0.2, 0.25) is 15.9 Å².